The van der Waals surface area contributed by atoms with Gasteiger partial charge in [0.1, 0.15) is 5.69 Å². The topological polar surface area (TPSA) is 54.7 Å². The van der Waals surface area contributed by atoms with Crippen LogP contribution in [0.15, 0.2) is 50.1 Å². The molecule has 0 aliphatic heterocycles. The fourth-order valence-electron chi connectivity index (χ4n) is 2.46. The molecule has 0 aliphatic rings. The van der Waals surface area contributed by atoms with Gasteiger partial charge in [0.05, 0.1) is 0 Å². The van der Waals surface area contributed by atoms with Gasteiger partial charge in [0.25, 0.3) is 0 Å². The molecule has 0 bridgehead atoms. The third-order valence-corrected chi connectivity index (χ3v) is 4.21. The van der Waals surface area contributed by atoms with Crippen molar-refractivity contribution in [1.29, 1.82) is 0 Å². The fraction of sp³-hybridized carbons (Fsp3) is 0. The van der Waals surface area contributed by atoms with Gasteiger partial charge in [0, 0.05) is 41.6 Å². The molecule has 4 aromatic rings. The van der Waals surface area contributed by atoms with Crippen molar-refractivity contribution < 1.29 is 4.52 Å². The van der Waals surface area contributed by atoms with Crippen molar-refractivity contribution in [2.24, 2.45) is 0 Å². The van der Waals surface area contributed by atoms with Gasteiger partial charge in [0.2, 0.25) is 0 Å². The minimum atomic E-state index is 0.722. The maximum Gasteiger partial charge on any atom is 0.152 e. The molecular weight excluding hydrogens is 386 g/mol. The summed E-state index contributed by atoms with van der Waals surface area (Å²) < 4.78 is 6.89. The molecule has 2 aromatic carbocycles. The number of aromatic nitrogens is 3. The molecule has 4 nitrogen and oxygen atoms in total. The van der Waals surface area contributed by atoms with E-state index in [0.717, 1.165) is 42.0 Å². The average Bonchev–Trinajstić information content (AvgIpc) is 3.03. The molecule has 0 saturated carbocycles. The first-order valence-electron chi connectivity index (χ1n) is 5.90. The van der Waals surface area contributed by atoms with Gasteiger partial charge in [-0.05, 0) is 24.3 Å². The molecule has 2 aromatic heterocycles. The van der Waals surface area contributed by atoms with E-state index in [0.29, 0.717) is 0 Å². The normalized spacial score (nSPS) is 11.5. The number of benzene rings is 2. The van der Waals surface area contributed by atoms with Crippen LogP contribution in [-0.4, -0.2) is 15.4 Å². The van der Waals surface area contributed by atoms with Crippen molar-refractivity contribution in [2.45, 2.75) is 0 Å². The van der Waals surface area contributed by atoms with Crippen LogP contribution in [0, 0.1) is 0 Å². The molecule has 4 rings (SSSR count). The van der Waals surface area contributed by atoms with Crippen LogP contribution in [0.1, 0.15) is 0 Å². The van der Waals surface area contributed by atoms with E-state index in [1.165, 1.54) is 0 Å². The predicted octanol–water partition coefficient (Wildman–Crippen LogP) is 4.90. The van der Waals surface area contributed by atoms with Crippen LogP contribution in [0.2, 0.25) is 0 Å². The molecule has 0 radical (unpaired) electrons. The minimum absolute atomic E-state index is 0.722. The van der Waals surface area contributed by atoms with Gasteiger partial charge < -0.3 is 9.51 Å². The highest BCUT2D eigenvalue weighted by molar-refractivity contribution is 9.10. The summed E-state index contributed by atoms with van der Waals surface area (Å²) in [6, 6.07) is 10.3. The van der Waals surface area contributed by atoms with Crippen LogP contribution in [0.25, 0.3) is 33.1 Å². The number of hydrogen-bond acceptors (Lipinski definition) is 3. The molecule has 0 saturated heterocycles. The van der Waals surface area contributed by atoms with Crippen molar-refractivity contribution in [2.75, 3.05) is 0 Å². The summed E-state index contributed by atoms with van der Waals surface area (Å²) in [6.45, 7) is 0. The van der Waals surface area contributed by atoms with E-state index in [2.05, 4.69) is 65.4 Å². The Kier molecular flexibility index (Phi) is 2.68. The first kappa shape index (κ1) is 12.1. The van der Waals surface area contributed by atoms with Gasteiger partial charge in [-0.15, -0.1) is 5.10 Å². The second kappa shape index (κ2) is 4.43. The molecular formula is C14H7Br2N3O. The van der Waals surface area contributed by atoms with Gasteiger partial charge in [-0.2, -0.15) is 0 Å². The third kappa shape index (κ3) is 1.79. The van der Waals surface area contributed by atoms with Crippen LogP contribution in [0.4, 0.5) is 0 Å². The maximum absolute atomic E-state index is 4.87. The van der Waals surface area contributed by atoms with E-state index in [-0.39, 0.29) is 0 Å². The highest BCUT2D eigenvalue weighted by Crippen LogP contribution is 2.36. The van der Waals surface area contributed by atoms with Crippen molar-refractivity contribution in [3.63, 3.8) is 0 Å². The zero-order chi connectivity index (χ0) is 13.7. The Bertz CT molecular complexity index is 929. The quantitative estimate of drug-likeness (QED) is 0.501. The van der Waals surface area contributed by atoms with Crippen LogP contribution in [0.5, 0.6) is 0 Å². The minimum Gasteiger partial charge on any atom is -0.354 e. The Hall–Kier alpha value is -1.66. The molecule has 0 atom stereocenters. The number of aromatic amines is 1. The first-order chi connectivity index (χ1) is 9.72. The first-order valence-corrected chi connectivity index (χ1v) is 7.49. The summed E-state index contributed by atoms with van der Waals surface area (Å²) in [5.41, 5.74) is 3.83. The number of fused-ring (bicyclic) bond motifs is 3. The lowest BCUT2D eigenvalue weighted by Crippen LogP contribution is -1.81. The van der Waals surface area contributed by atoms with Gasteiger partial charge in [-0.1, -0.05) is 37.9 Å². The molecule has 0 aliphatic carbocycles. The average molecular weight is 393 g/mol. The van der Waals surface area contributed by atoms with E-state index in [9.17, 15) is 0 Å². The van der Waals surface area contributed by atoms with E-state index >= 15 is 0 Å². The second-order valence-electron chi connectivity index (χ2n) is 4.48. The standard InChI is InChI=1S/C14H7Br2N3O/c15-7-1-2-9-11(4-7)17-12-5-8(16)3-10(14(9)12)13-6-20-19-18-13/h1-6,17H. The van der Waals surface area contributed by atoms with E-state index < -0.39 is 0 Å². The van der Waals surface area contributed by atoms with Crippen molar-refractivity contribution in [3.8, 4) is 11.3 Å². The highest BCUT2D eigenvalue weighted by Gasteiger charge is 2.14. The molecule has 98 valence electrons. The summed E-state index contributed by atoms with van der Waals surface area (Å²) >= 11 is 7.03. The lowest BCUT2D eigenvalue weighted by atomic mass is 10.0. The van der Waals surface area contributed by atoms with E-state index in [1.807, 2.05) is 12.1 Å². The van der Waals surface area contributed by atoms with Crippen LogP contribution < -0.4 is 0 Å². The summed E-state index contributed by atoms with van der Waals surface area (Å²) in [5.74, 6) is 0. The van der Waals surface area contributed by atoms with Crippen molar-refractivity contribution in [1.82, 2.24) is 15.4 Å². The van der Waals surface area contributed by atoms with E-state index in [4.69, 9.17) is 4.52 Å². The van der Waals surface area contributed by atoms with Crippen LogP contribution >= 0.6 is 31.9 Å². The monoisotopic (exact) mass is 391 g/mol. The molecule has 1 N–H and O–H groups in total. The van der Waals surface area contributed by atoms with Gasteiger partial charge in [-0.25, -0.2) is 0 Å². The molecule has 0 amide bonds. The summed E-state index contributed by atoms with van der Waals surface area (Å²) in [6.07, 6.45) is 1.55. The number of rotatable bonds is 1. The molecule has 0 unspecified atom stereocenters. The second-order valence-corrected chi connectivity index (χ2v) is 6.31. The van der Waals surface area contributed by atoms with Crippen molar-refractivity contribution >= 4 is 53.7 Å². The predicted molar refractivity (Wildman–Crippen MR) is 84.5 cm³/mol. The largest absolute Gasteiger partial charge is 0.354 e. The Labute approximate surface area is 130 Å². The number of halogens is 2. The molecule has 2 heterocycles. The number of nitrogens with one attached hydrogen (secondary N) is 1. The van der Waals surface area contributed by atoms with E-state index in [1.54, 1.807) is 6.26 Å². The molecule has 20 heavy (non-hydrogen) atoms. The molecule has 0 spiro atoms. The van der Waals surface area contributed by atoms with Gasteiger partial charge in [-0.3, -0.25) is 0 Å². The zero-order valence-electron chi connectivity index (χ0n) is 10.0. The number of hydrogen-bond donors (Lipinski definition) is 1. The lowest BCUT2D eigenvalue weighted by molar-refractivity contribution is 0.393. The van der Waals surface area contributed by atoms with Crippen LogP contribution in [0.3, 0.4) is 0 Å². The Morgan fingerprint density at radius 2 is 1.85 bits per heavy atom. The fourth-order valence-corrected chi connectivity index (χ4v) is 3.28. The Morgan fingerprint density at radius 1 is 1.00 bits per heavy atom. The zero-order valence-corrected chi connectivity index (χ0v) is 13.2. The van der Waals surface area contributed by atoms with Crippen molar-refractivity contribution in [3.05, 3.63) is 45.5 Å². The maximum atomic E-state index is 4.87. The number of H-pyrrole nitrogens is 1. The van der Waals surface area contributed by atoms with Crippen LogP contribution in [-0.2, 0) is 0 Å². The summed E-state index contributed by atoms with van der Waals surface area (Å²) in [7, 11) is 0. The Balaban J connectivity index is 2.19. The Morgan fingerprint density at radius 3 is 2.65 bits per heavy atom. The SMILES string of the molecule is Brc1ccc2c(c1)[nH]c1cc(Br)cc(-c3conn3)c12. The summed E-state index contributed by atoms with van der Waals surface area (Å²) in [4.78, 5) is 3.42. The number of nitrogens with zero attached hydrogens (tertiary/aromatic N) is 2. The third-order valence-electron chi connectivity index (χ3n) is 3.26. The smallest absolute Gasteiger partial charge is 0.152 e. The van der Waals surface area contributed by atoms with Gasteiger partial charge >= 0.3 is 0 Å². The summed E-state index contributed by atoms with van der Waals surface area (Å²) in [5, 5.41) is 9.84. The highest BCUT2D eigenvalue weighted by atomic mass is 79.9. The van der Waals surface area contributed by atoms with Gasteiger partial charge in [0.15, 0.2) is 6.26 Å². The lowest BCUT2D eigenvalue weighted by Gasteiger charge is -2.01. The molecule has 0 fully saturated rings. The molecule has 6 heteroatoms.